The van der Waals surface area contributed by atoms with Gasteiger partial charge in [0, 0.05) is 11.4 Å². The topological polar surface area (TPSA) is 67.9 Å². The van der Waals surface area contributed by atoms with Crippen LogP contribution in [-0.4, -0.2) is 44.1 Å². The number of carbonyl (C=O) groups excluding carboxylic acids is 2. The lowest BCUT2D eigenvalue weighted by Crippen LogP contribution is -2.30. The number of hydrogen-bond acceptors (Lipinski definition) is 6. The van der Waals surface area contributed by atoms with Crippen molar-refractivity contribution in [3.05, 3.63) is 45.6 Å². The summed E-state index contributed by atoms with van der Waals surface area (Å²) in [5, 5.41) is 3.29. The van der Waals surface area contributed by atoms with Gasteiger partial charge in [-0.15, -0.1) is 11.3 Å². The molecule has 0 bridgehead atoms. The molecule has 0 saturated carbocycles. The lowest BCUT2D eigenvalue weighted by molar-refractivity contribution is -0.117. The van der Waals surface area contributed by atoms with Crippen molar-refractivity contribution in [2.24, 2.45) is 0 Å². The summed E-state index contributed by atoms with van der Waals surface area (Å²) >= 11 is 1.35. The predicted octanol–water partition coefficient (Wildman–Crippen LogP) is 3.76. The van der Waals surface area contributed by atoms with Gasteiger partial charge in [-0.05, 0) is 51.1 Å². The third-order valence-corrected chi connectivity index (χ3v) is 5.32. The number of hydrogen-bond donors (Lipinski definition) is 1. The number of halogens is 1. The molecule has 6 nitrogen and oxygen atoms in total. The molecule has 28 heavy (non-hydrogen) atoms. The molecule has 0 radical (unpaired) electrons. The molecule has 0 aliphatic heterocycles. The molecule has 0 spiro atoms. The largest absolute Gasteiger partial charge is 0.494 e. The molecule has 1 aromatic carbocycles. The number of esters is 1. The minimum absolute atomic E-state index is 0.0892. The fraction of sp³-hybridized carbons (Fsp3) is 0.400. The highest BCUT2D eigenvalue weighted by Crippen LogP contribution is 2.33. The summed E-state index contributed by atoms with van der Waals surface area (Å²) in [7, 11) is 3.17. The van der Waals surface area contributed by atoms with E-state index < -0.39 is 11.8 Å². The van der Waals surface area contributed by atoms with Gasteiger partial charge < -0.3 is 14.8 Å². The molecule has 1 N–H and O–H groups in total. The van der Waals surface area contributed by atoms with E-state index in [0.717, 1.165) is 16.0 Å². The van der Waals surface area contributed by atoms with E-state index in [1.807, 2.05) is 13.8 Å². The zero-order chi connectivity index (χ0) is 20.8. The van der Waals surface area contributed by atoms with Crippen LogP contribution in [-0.2, 0) is 16.1 Å². The molecule has 8 heteroatoms. The summed E-state index contributed by atoms with van der Waals surface area (Å²) in [6.07, 6.45) is 0. The molecule has 152 valence electrons. The number of anilines is 1. The highest BCUT2D eigenvalue weighted by atomic mass is 32.1. The first kappa shape index (κ1) is 21.8. The number of ether oxygens (including phenoxy) is 2. The highest BCUT2D eigenvalue weighted by Gasteiger charge is 2.22. The van der Waals surface area contributed by atoms with Crippen LogP contribution in [0.3, 0.4) is 0 Å². The summed E-state index contributed by atoms with van der Waals surface area (Å²) in [4.78, 5) is 27.3. The Morgan fingerprint density at radius 2 is 2.00 bits per heavy atom. The minimum atomic E-state index is -0.443. The van der Waals surface area contributed by atoms with Crippen molar-refractivity contribution in [2.75, 3.05) is 32.6 Å². The second kappa shape index (κ2) is 9.66. The van der Waals surface area contributed by atoms with Gasteiger partial charge in [-0.1, -0.05) is 6.07 Å². The van der Waals surface area contributed by atoms with Gasteiger partial charge in [-0.2, -0.15) is 0 Å². The van der Waals surface area contributed by atoms with E-state index in [4.69, 9.17) is 9.47 Å². The number of nitrogens with zero attached hydrogens (tertiary/aromatic N) is 1. The summed E-state index contributed by atoms with van der Waals surface area (Å²) in [6, 6.07) is 4.70. The van der Waals surface area contributed by atoms with Gasteiger partial charge in [-0.25, -0.2) is 9.18 Å². The van der Waals surface area contributed by atoms with Gasteiger partial charge in [0.25, 0.3) is 0 Å². The van der Waals surface area contributed by atoms with E-state index in [2.05, 4.69) is 5.32 Å². The molecule has 0 unspecified atom stereocenters. The monoisotopic (exact) mass is 408 g/mol. The Morgan fingerprint density at radius 3 is 2.61 bits per heavy atom. The highest BCUT2D eigenvalue weighted by molar-refractivity contribution is 7.16. The average molecular weight is 408 g/mol. The van der Waals surface area contributed by atoms with Gasteiger partial charge in [0.05, 0.1) is 25.8 Å². The molecule has 0 atom stereocenters. The number of carbonyl (C=O) groups is 2. The smallest absolute Gasteiger partial charge is 0.341 e. The molecule has 1 amide bonds. The van der Waals surface area contributed by atoms with Crippen molar-refractivity contribution in [2.45, 2.75) is 27.3 Å². The Bertz CT molecular complexity index is 866. The fourth-order valence-electron chi connectivity index (χ4n) is 2.75. The van der Waals surface area contributed by atoms with E-state index in [1.54, 1.807) is 31.0 Å². The zero-order valence-corrected chi connectivity index (χ0v) is 17.5. The van der Waals surface area contributed by atoms with Crippen LogP contribution in [0.1, 0.15) is 33.3 Å². The molecule has 0 aliphatic rings. The number of amides is 1. The first-order valence-corrected chi connectivity index (χ1v) is 9.66. The van der Waals surface area contributed by atoms with Crippen molar-refractivity contribution in [3.63, 3.8) is 0 Å². The molecular formula is C20H25FN2O4S. The van der Waals surface area contributed by atoms with E-state index in [0.29, 0.717) is 17.1 Å². The Labute approximate surface area is 168 Å². The molecule has 0 fully saturated rings. The van der Waals surface area contributed by atoms with Gasteiger partial charge in [0.1, 0.15) is 5.00 Å². The standard InChI is InChI=1S/C20H25FN2O4S/c1-6-27-20(25)18-12(2)13(3)28-19(18)22-17(24)11-23(4)10-14-7-8-16(26-5)15(21)9-14/h7-9H,6,10-11H2,1-5H3,(H,22,24). The Morgan fingerprint density at radius 1 is 1.29 bits per heavy atom. The second-order valence-electron chi connectivity index (χ2n) is 6.40. The molecule has 0 saturated heterocycles. The van der Waals surface area contributed by atoms with Crippen LogP contribution in [0.5, 0.6) is 5.75 Å². The molecule has 2 aromatic rings. The first-order valence-electron chi connectivity index (χ1n) is 8.84. The average Bonchev–Trinajstić information content (AvgIpc) is 2.88. The summed E-state index contributed by atoms with van der Waals surface area (Å²) in [6.45, 7) is 6.21. The van der Waals surface area contributed by atoms with Crippen molar-refractivity contribution in [1.29, 1.82) is 0 Å². The van der Waals surface area contributed by atoms with Crippen molar-refractivity contribution >= 4 is 28.2 Å². The van der Waals surface area contributed by atoms with E-state index in [1.165, 1.54) is 24.5 Å². The van der Waals surface area contributed by atoms with Crippen molar-refractivity contribution in [1.82, 2.24) is 4.90 Å². The first-order chi connectivity index (χ1) is 13.3. The van der Waals surface area contributed by atoms with Crippen LogP contribution in [0.15, 0.2) is 18.2 Å². The van der Waals surface area contributed by atoms with Gasteiger partial charge >= 0.3 is 5.97 Å². The summed E-state index contributed by atoms with van der Waals surface area (Å²) in [5.74, 6) is -0.967. The zero-order valence-electron chi connectivity index (χ0n) is 16.7. The normalized spacial score (nSPS) is 10.8. The predicted molar refractivity (Wildman–Crippen MR) is 108 cm³/mol. The lowest BCUT2D eigenvalue weighted by Gasteiger charge is -2.17. The molecule has 1 heterocycles. The van der Waals surface area contributed by atoms with Crippen LogP contribution < -0.4 is 10.1 Å². The van der Waals surface area contributed by atoms with Gasteiger partial charge in [0.2, 0.25) is 5.91 Å². The summed E-state index contributed by atoms with van der Waals surface area (Å²) < 4.78 is 23.8. The van der Waals surface area contributed by atoms with Gasteiger partial charge in [0.15, 0.2) is 11.6 Å². The quantitative estimate of drug-likeness (QED) is 0.674. The number of nitrogens with one attached hydrogen (secondary N) is 1. The number of aryl methyl sites for hydroxylation is 1. The van der Waals surface area contributed by atoms with Crippen LogP contribution >= 0.6 is 11.3 Å². The Hall–Kier alpha value is -2.45. The maximum absolute atomic E-state index is 13.8. The maximum Gasteiger partial charge on any atom is 0.341 e. The SMILES string of the molecule is CCOC(=O)c1c(NC(=O)CN(C)Cc2ccc(OC)c(F)c2)sc(C)c1C. The minimum Gasteiger partial charge on any atom is -0.494 e. The second-order valence-corrected chi connectivity index (χ2v) is 7.62. The maximum atomic E-state index is 13.8. The van der Waals surface area contributed by atoms with Crippen LogP contribution in [0.4, 0.5) is 9.39 Å². The van der Waals surface area contributed by atoms with Crippen molar-refractivity contribution in [3.8, 4) is 5.75 Å². The summed E-state index contributed by atoms with van der Waals surface area (Å²) in [5.41, 5.74) is 1.93. The molecule has 0 aliphatic carbocycles. The van der Waals surface area contributed by atoms with E-state index >= 15 is 0 Å². The number of rotatable bonds is 8. The van der Waals surface area contributed by atoms with Crippen molar-refractivity contribution < 1.29 is 23.5 Å². The Balaban J connectivity index is 2.03. The molecule has 1 aromatic heterocycles. The third-order valence-electron chi connectivity index (χ3n) is 4.20. The molecule has 2 rings (SSSR count). The van der Waals surface area contributed by atoms with Crippen LogP contribution in [0.25, 0.3) is 0 Å². The fourth-order valence-corrected chi connectivity index (χ4v) is 3.82. The number of benzene rings is 1. The lowest BCUT2D eigenvalue weighted by atomic mass is 10.1. The number of thiophene rings is 1. The van der Waals surface area contributed by atoms with Crippen LogP contribution in [0.2, 0.25) is 0 Å². The van der Waals surface area contributed by atoms with E-state index in [-0.39, 0.29) is 24.8 Å². The third kappa shape index (κ3) is 5.30. The van der Waals surface area contributed by atoms with E-state index in [9.17, 15) is 14.0 Å². The molecular weight excluding hydrogens is 383 g/mol. The number of methoxy groups -OCH3 is 1. The van der Waals surface area contributed by atoms with Crippen LogP contribution in [0, 0.1) is 19.7 Å². The Kier molecular flexibility index (Phi) is 7.53. The number of likely N-dealkylation sites (N-methyl/N-ethyl adjacent to an activating group) is 1. The van der Waals surface area contributed by atoms with Gasteiger partial charge in [-0.3, -0.25) is 9.69 Å².